The zero-order chi connectivity index (χ0) is 25.8. The van der Waals surface area contributed by atoms with Crippen LogP contribution in [0.25, 0.3) is 27.6 Å². The number of benzene rings is 2. The average molecular weight is 539 g/mol. The van der Waals surface area contributed by atoms with Crippen LogP contribution < -0.4 is 14.8 Å². The molecule has 0 bridgehead atoms. The summed E-state index contributed by atoms with van der Waals surface area (Å²) in [7, 11) is -2.09. The van der Waals surface area contributed by atoms with E-state index in [2.05, 4.69) is 20.0 Å². The zero-order valence-electron chi connectivity index (χ0n) is 19.8. The highest BCUT2D eigenvalue weighted by molar-refractivity contribution is 7.89. The first kappa shape index (κ1) is 24.8. The summed E-state index contributed by atoms with van der Waals surface area (Å²) in [5.41, 5.74) is 2.65. The fraction of sp³-hybridized carbons (Fsp3) is 0.160. The number of thiazole rings is 1. The number of halogens is 1. The lowest BCUT2D eigenvalue weighted by molar-refractivity contribution is 0.414. The molecule has 2 aromatic carbocycles. The van der Waals surface area contributed by atoms with Crippen molar-refractivity contribution in [3.8, 4) is 28.4 Å². The molecule has 0 spiro atoms. The minimum atomic E-state index is -3.62. The molecule has 5 rings (SSSR count). The number of methoxy groups -OCH3 is 1. The second-order valence-electron chi connectivity index (χ2n) is 7.99. The van der Waals surface area contributed by atoms with E-state index in [9.17, 15) is 12.8 Å². The third-order valence-corrected chi connectivity index (χ3v) is 7.79. The highest BCUT2D eigenvalue weighted by Gasteiger charge is 2.19. The van der Waals surface area contributed by atoms with E-state index in [1.54, 1.807) is 30.5 Å². The van der Waals surface area contributed by atoms with Crippen molar-refractivity contribution < 1.29 is 17.5 Å². The Labute approximate surface area is 217 Å². The van der Waals surface area contributed by atoms with E-state index in [4.69, 9.17) is 9.72 Å². The quantitative estimate of drug-likeness (QED) is 0.253. The molecule has 0 aliphatic rings. The van der Waals surface area contributed by atoms with Gasteiger partial charge >= 0.3 is 0 Å². The normalized spacial score (nSPS) is 11.6. The summed E-state index contributed by atoms with van der Waals surface area (Å²) < 4.78 is 48.4. The molecule has 0 saturated heterocycles. The van der Waals surface area contributed by atoms with Crippen LogP contribution in [-0.4, -0.2) is 48.0 Å². The van der Waals surface area contributed by atoms with Crippen molar-refractivity contribution in [3.63, 3.8) is 0 Å². The molecule has 37 heavy (non-hydrogen) atoms. The number of sulfonamides is 1. The summed E-state index contributed by atoms with van der Waals surface area (Å²) in [6, 6.07) is 14.3. The van der Waals surface area contributed by atoms with Gasteiger partial charge in [0.2, 0.25) is 16.0 Å². The molecule has 0 aliphatic heterocycles. The first-order valence-electron chi connectivity index (χ1n) is 11.4. The van der Waals surface area contributed by atoms with Gasteiger partial charge in [-0.3, -0.25) is 4.40 Å². The van der Waals surface area contributed by atoms with Gasteiger partial charge in [0.1, 0.15) is 17.3 Å². The first-order valence-corrected chi connectivity index (χ1v) is 13.7. The number of fused-ring (bicyclic) bond motifs is 1. The summed E-state index contributed by atoms with van der Waals surface area (Å²) in [5.74, 6) is 0.641. The predicted octanol–water partition coefficient (Wildman–Crippen LogP) is 4.45. The molecule has 190 valence electrons. The third kappa shape index (κ3) is 5.45. The molecule has 0 saturated carbocycles. The molecule has 0 fully saturated rings. The molecular formula is C25H23FN6O3S2. The van der Waals surface area contributed by atoms with Gasteiger partial charge in [0.05, 0.1) is 23.4 Å². The van der Waals surface area contributed by atoms with Crippen LogP contribution in [0.1, 0.15) is 6.42 Å². The van der Waals surface area contributed by atoms with E-state index in [0.29, 0.717) is 41.6 Å². The molecule has 0 amide bonds. The van der Waals surface area contributed by atoms with Crippen molar-refractivity contribution in [2.24, 2.45) is 0 Å². The fourth-order valence-corrected chi connectivity index (χ4v) is 5.56. The summed E-state index contributed by atoms with van der Waals surface area (Å²) in [6.45, 7) is 0.689. The van der Waals surface area contributed by atoms with Crippen molar-refractivity contribution in [1.82, 2.24) is 24.1 Å². The van der Waals surface area contributed by atoms with Crippen LogP contribution in [0.2, 0.25) is 0 Å². The minimum Gasteiger partial charge on any atom is -0.497 e. The second-order valence-corrected chi connectivity index (χ2v) is 10.6. The molecule has 3 aromatic heterocycles. The van der Waals surface area contributed by atoms with Gasteiger partial charge in [-0.05, 0) is 48.9 Å². The van der Waals surface area contributed by atoms with E-state index >= 15 is 0 Å². The molecule has 0 unspecified atom stereocenters. The predicted molar refractivity (Wildman–Crippen MR) is 141 cm³/mol. The highest BCUT2D eigenvalue weighted by atomic mass is 32.2. The Balaban J connectivity index is 1.26. The van der Waals surface area contributed by atoms with Crippen molar-refractivity contribution >= 4 is 32.3 Å². The van der Waals surface area contributed by atoms with Gasteiger partial charge in [-0.1, -0.05) is 12.1 Å². The second kappa shape index (κ2) is 10.6. The Morgan fingerprint density at radius 2 is 1.92 bits per heavy atom. The SMILES string of the molecule is COc1ccc(S(=O)(=O)NCCCNc2nccc(-c3c(-c4cccc(F)c4)nc4sccn34)n2)cc1. The minimum absolute atomic E-state index is 0.173. The fourth-order valence-electron chi connectivity index (χ4n) is 3.78. The summed E-state index contributed by atoms with van der Waals surface area (Å²) >= 11 is 1.48. The molecular weight excluding hydrogens is 515 g/mol. The maximum Gasteiger partial charge on any atom is 0.240 e. The van der Waals surface area contributed by atoms with Crippen LogP contribution in [-0.2, 0) is 10.0 Å². The highest BCUT2D eigenvalue weighted by Crippen LogP contribution is 2.33. The van der Waals surface area contributed by atoms with Gasteiger partial charge in [-0.2, -0.15) is 0 Å². The molecule has 3 heterocycles. The van der Waals surface area contributed by atoms with E-state index < -0.39 is 10.0 Å². The summed E-state index contributed by atoms with van der Waals surface area (Å²) in [6.07, 6.45) is 4.05. The van der Waals surface area contributed by atoms with Gasteiger partial charge in [0.25, 0.3) is 0 Å². The molecule has 0 atom stereocenters. The van der Waals surface area contributed by atoms with Gasteiger partial charge in [-0.15, -0.1) is 11.3 Å². The van der Waals surface area contributed by atoms with E-state index in [1.165, 1.54) is 42.7 Å². The lowest BCUT2D eigenvalue weighted by Crippen LogP contribution is -2.26. The molecule has 2 N–H and O–H groups in total. The summed E-state index contributed by atoms with van der Waals surface area (Å²) in [4.78, 5) is 14.6. The molecule has 0 aliphatic carbocycles. The number of hydrogen-bond acceptors (Lipinski definition) is 8. The van der Waals surface area contributed by atoms with Crippen LogP contribution in [0.4, 0.5) is 10.3 Å². The van der Waals surface area contributed by atoms with Crippen LogP contribution in [0, 0.1) is 5.82 Å². The largest absolute Gasteiger partial charge is 0.497 e. The first-order chi connectivity index (χ1) is 17.9. The van der Waals surface area contributed by atoms with Crippen LogP contribution >= 0.6 is 11.3 Å². The Hall–Kier alpha value is -3.87. The molecule has 0 radical (unpaired) electrons. The van der Waals surface area contributed by atoms with Crippen LogP contribution in [0.15, 0.2) is 77.3 Å². The van der Waals surface area contributed by atoms with Gasteiger partial charge in [0.15, 0.2) is 4.96 Å². The monoisotopic (exact) mass is 538 g/mol. The standard InChI is InChI=1S/C25H23FN6O3S2/c1-35-19-6-8-20(9-7-19)37(33,34)29-12-3-11-27-24-28-13-10-21(30-24)23-22(17-4-2-5-18(26)16-17)31-25-32(23)14-15-36-25/h2,4-10,13-16,29H,3,11-12H2,1H3,(H,27,28,30). The number of anilines is 1. The lowest BCUT2D eigenvalue weighted by atomic mass is 10.1. The van der Waals surface area contributed by atoms with Gasteiger partial charge in [-0.25, -0.2) is 32.5 Å². The van der Waals surface area contributed by atoms with Gasteiger partial charge < -0.3 is 10.1 Å². The average Bonchev–Trinajstić information content (AvgIpc) is 3.50. The van der Waals surface area contributed by atoms with Crippen molar-refractivity contribution in [2.45, 2.75) is 11.3 Å². The van der Waals surface area contributed by atoms with E-state index in [0.717, 1.165) is 10.7 Å². The Morgan fingerprint density at radius 3 is 2.70 bits per heavy atom. The molecule has 5 aromatic rings. The van der Waals surface area contributed by atoms with Gasteiger partial charge in [0, 0.05) is 36.4 Å². The van der Waals surface area contributed by atoms with E-state index in [1.807, 2.05) is 22.0 Å². The third-order valence-electron chi connectivity index (χ3n) is 5.56. The Morgan fingerprint density at radius 1 is 1.08 bits per heavy atom. The Bertz CT molecular complexity index is 1630. The smallest absolute Gasteiger partial charge is 0.240 e. The zero-order valence-corrected chi connectivity index (χ0v) is 21.4. The Kier molecular flexibility index (Phi) is 7.12. The number of ether oxygens (including phenoxy) is 1. The number of nitrogens with one attached hydrogen (secondary N) is 2. The molecule has 9 nitrogen and oxygen atoms in total. The maximum absolute atomic E-state index is 13.9. The van der Waals surface area contributed by atoms with Crippen LogP contribution in [0.3, 0.4) is 0 Å². The lowest BCUT2D eigenvalue weighted by Gasteiger charge is -2.09. The molecule has 12 heteroatoms. The van der Waals surface area contributed by atoms with Crippen molar-refractivity contribution in [1.29, 1.82) is 0 Å². The van der Waals surface area contributed by atoms with E-state index in [-0.39, 0.29) is 17.3 Å². The number of aromatic nitrogens is 4. The number of imidazole rings is 1. The number of rotatable bonds is 10. The topological polar surface area (TPSA) is 111 Å². The van der Waals surface area contributed by atoms with Crippen LogP contribution in [0.5, 0.6) is 5.75 Å². The maximum atomic E-state index is 13.9. The van der Waals surface area contributed by atoms with Crippen molar-refractivity contribution in [3.05, 3.63) is 78.2 Å². The number of hydrogen-bond donors (Lipinski definition) is 2. The number of nitrogens with zero attached hydrogens (tertiary/aromatic N) is 4. The van der Waals surface area contributed by atoms with Crippen molar-refractivity contribution in [2.75, 3.05) is 25.5 Å². The summed E-state index contributed by atoms with van der Waals surface area (Å²) in [5, 5.41) is 5.06.